The van der Waals surface area contributed by atoms with Crippen LogP contribution in [0.5, 0.6) is 0 Å². The molecule has 0 aromatic heterocycles. The van der Waals surface area contributed by atoms with E-state index >= 15 is 0 Å². The molecule has 110 valence electrons. The molecule has 0 aliphatic carbocycles. The smallest absolute Gasteiger partial charge is 0.339 e. The van der Waals surface area contributed by atoms with Crippen LogP contribution in [0.3, 0.4) is 0 Å². The van der Waals surface area contributed by atoms with Gasteiger partial charge in [0, 0.05) is 18.7 Å². The minimum Gasteiger partial charge on any atom is -0.448 e. The van der Waals surface area contributed by atoms with Crippen LogP contribution in [-0.2, 0) is 22.4 Å². The van der Waals surface area contributed by atoms with E-state index in [4.69, 9.17) is 4.74 Å². The highest BCUT2D eigenvalue weighted by Crippen LogP contribution is 2.30. The molecule has 4 heteroatoms. The Hall–Kier alpha value is -2.62. The van der Waals surface area contributed by atoms with Crippen molar-refractivity contribution in [3.8, 4) is 0 Å². The van der Waals surface area contributed by atoms with Crippen LogP contribution in [0.1, 0.15) is 21.5 Å². The van der Waals surface area contributed by atoms with Gasteiger partial charge in [0.15, 0.2) is 6.10 Å². The van der Waals surface area contributed by atoms with Crippen LogP contribution < -0.4 is 4.90 Å². The summed E-state index contributed by atoms with van der Waals surface area (Å²) < 4.78 is 5.37. The molecule has 2 aromatic carbocycles. The number of ether oxygens (including phenoxy) is 1. The van der Waals surface area contributed by atoms with Crippen molar-refractivity contribution < 1.29 is 14.3 Å². The molecule has 4 nitrogen and oxygen atoms in total. The highest BCUT2D eigenvalue weighted by atomic mass is 16.5. The topological polar surface area (TPSA) is 46.6 Å². The zero-order chi connectivity index (χ0) is 15.1. The van der Waals surface area contributed by atoms with Gasteiger partial charge in [0.2, 0.25) is 0 Å². The molecule has 0 fully saturated rings. The van der Waals surface area contributed by atoms with Crippen molar-refractivity contribution in [2.24, 2.45) is 0 Å². The van der Waals surface area contributed by atoms with Gasteiger partial charge >= 0.3 is 5.97 Å². The first-order valence-corrected chi connectivity index (χ1v) is 7.42. The first-order chi connectivity index (χ1) is 10.7. The van der Waals surface area contributed by atoms with Gasteiger partial charge in [0.25, 0.3) is 5.91 Å². The maximum atomic E-state index is 12.8. The number of nitrogens with zero attached hydrogens (tertiary/aromatic N) is 1. The first kappa shape index (κ1) is 13.1. The number of carbonyl (C=O) groups is 2. The number of benzene rings is 2. The molecule has 22 heavy (non-hydrogen) atoms. The van der Waals surface area contributed by atoms with E-state index in [1.54, 1.807) is 17.0 Å². The van der Waals surface area contributed by atoms with Crippen LogP contribution in [0.15, 0.2) is 48.5 Å². The molecule has 0 unspecified atom stereocenters. The molecule has 2 aromatic rings. The standard InChI is InChI=1S/C18H15NO3/c20-17(19-10-9-12-5-2-4-8-15(12)19)16-11-13-6-1-3-7-14(13)18(21)22-16/h1-8,16H,9-11H2/t16-/m1/s1. The summed E-state index contributed by atoms with van der Waals surface area (Å²) in [6.45, 7) is 0.647. The second-order valence-corrected chi connectivity index (χ2v) is 5.62. The first-order valence-electron chi connectivity index (χ1n) is 7.42. The Bertz CT molecular complexity index is 768. The van der Waals surface area contributed by atoms with Crippen LogP contribution in [0, 0.1) is 0 Å². The third-order valence-corrected chi connectivity index (χ3v) is 4.32. The Morgan fingerprint density at radius 3 is 2.64 bits per heavy atom. The third-order valence-electron chi connectivity index (χ3n) is 4.32. The van der Waals surface area contributed by atoms with Crippen molar-refractivity contribution >= 4 is 17.6 Å². The molecule has 0 saturated carbocycles. The van der Waals surface area contributed by atoms with E-state index in [1.165, 1.54) is 5.56 Å². The lowest BCUT2D eigenvalue weighted by Gasteiger charge is -2.27. The second-order valence-electron chi connectivity index (χ2n) is 5.62. The molecule has 0 radical (unpaired) electrons. The van der Waals surface area contributed by atoms with Crippen molar-refractivity contribution in [1.82, 2.24) is 0 Å². The van der Waals surface area contributed by atoms with E-state index in [9.17, 15) is 9.59 Å². The summed E-state index contributed by atoms with van der Waals surface area (Å²) in [5.74, 6) is -0.541. The van der Waals surface area contributed by atoms with Crippen molar-refractivity contribution in [3.63, 3.8) is 0 Å². The van der Waals surface area contributed by atoms with Gasteiger partial charge in [-0.05, 0) is 29.7 Å². The van der Waals surface area contributed by atoms with E-state index in [0.29, 0.717) is 18.5 Å². The van der Waals surface area contributed by atoms with Crippen molar-refractivity contribution in [2.75, 3.05) is 11.4 Å². The summed E-state index contributed by atoms with van der Waals surface area (Å²) in [5, 5.41) is 0. The van der Waals surface area contributed by atoms with Gasteiger partial charge in [0.05, 0.1) is 5.56 Å². The second kappa shape index (κ2) is 4.98. The zero-order valence-corrected chi connectivity index (χ0v) is 12.0. The molecule has 2 heterocycles. The lowest BCUT2D eigenvalue weighted by Crippen LogP contribution is -2.44. The molecular weight excluding hydrogens is 278 g/mol. The lowest BCUT2D eigenvalue weighted by atomic mass is 9.98. The summed E-state index contributed by atoms with van der Waals surface area (Å²) in [4.78, 5) is 26.6. The third kappa shape index (κ3) is 1.99. The van der Waals surface area contributed by atoms with Gasteiger partial charge in [-0.15, -0.1) is 0 Å². The normalized spacial score (nSPS) is 19.4. The van der Waals surface area contributed by atoms with Crippen molar-refractivity contribution in [3.05, 3.63) is 65.2 Å². The SMILES string of the molecule is O=C1O[C@@H](C(=O)N2CCc3ccccc32)Cc2ccccc21. The van der Waals surface area contributed by atoms with Crippen molar-refractivity contribution in [2.45, 2.75) is 18.9 Å². The van der Waals surface area contributed by atoms with E-state index in [-0.39, 0.29) is 5.91 Å². The molecule has 0 N–H and O–H groups in total. The fourth-order valence-electron chi connectivity index (χ4n) is 3.21. The quantitative estimate of drug-likeness (QED) is 0.758. The molecule has 2 aliphatic heterocycles. The van der Waals surface area contributed by atoms with Gasteiger partial charge < -0.3 is 9.64 Å². The van der Waals surface area contributed by atoms with Crippen LogP contribution in [-0.4, -0.2) is 24.5 Å². The Morgan fingerprint density at radius 2 is 1.77 bits per heavy atom. The number of fused-ring (bicyclic) bond motifs is 2. The average Bonchev–Trinajstić information content (AvgIpc) is 2.98. The van der Waals surface area contributed by atoms with E-state index in [2.05, 4.69) is 0 Å². The molecule has 2 aliphatic rings. The van der Waals surface area contributed by atoms with Gasteiger partial charge in [-0.2, -0.15) is 0 Å². The summed E-state index contributed by atoms with van der Waals surface area (Å²) in [6.07, 6.45) is 0.562. The minimum atomic E-state index is -0.728. The molecule has 1 atom stereocenters. The summed E-state index contributed by atoms with van der Waals surface area (Å²) in [7, 11) is 0. The monoisotopic (exact) mass is 293 g/mol. The highest BCUT2D eigenvalue weighted by Gasteiger charge is 2.36. The number of esters is 1. The Labute approximate surface area is 128 Å². The molecule has 1 amide bonds. The Balaban J connectivity index is 1.62. The number of anilines is 1. The summed E-state index contributed by atoms with van der Waals surface area (Å²) in [5.41, 5.74) is 3.54. The molecule has 0 spiro atoms. The predicted molar refractivity (Wildman–Crippen MR) is 81.8 cm³/mol. The van der Waals surface area contributed by atoms with Gasteiger partial charge in [-0.1, -0.05) is 36.4 Å². The largest absolute Gasteiger partial charge is 0.448 e. The maximum absolute atomic E-state index is 12.8. The number of amides is 1. The van der Waals surface area contributed by atoms with Crippen LogP contribution in [0.4, 0.5) is 5.69 Å². The minimum absolute atomic E-state index is 0.132. The summed E-state index contributed by atoms with van der Waals surface area (Å²) >= 11 is 0. The number of carbonyl (C=O) groups excluding carboxylic acids is 2. The molecule has 4 rings (SSSR count). The van der Waals surface area contributed by atoms with Crippen LogP contribution >= 0.6 is 0 Å². The lowest BCUT2D eigenvalue weighted by molar-refractivity contribution is -0.127. The number of para-hydroxylation sites is 1. The van der Waals surface area contributed by atoms with E-state index in [1.807, 2.05) is 36.4 Å². The van der Waals surface area contributed by atoms with Crippen LogP contribution in [0.25, 0.3) is 0 Å². The van der Waals surface area contributed by atoms with Crippen molar-refractivity contribution in [1.29, 1.82) is 0 Å². The number of hydrogen-bond acceptors (Lipinski definition) is 3. The fraction of sp³-hybridized carbons (Fsp3) is 0.222. The zero-order valence-electron chi connectivity index (χ0n) is 12.0. The molecular formula is C18H15NO3. The van der Waals surface area contributed by atoms with Gasteiger partial charge in [-0.3, -0.25) is 4.79 Å². The number of cyclic esters (lactones) is 1. The fourth-order valence-corrected chi connectivity index (χ4v) is 3.21. The maximum Gasteiger partial charge on any atom is 0.339 e. The summed E-state index contributed by atoms with van der Waals surface area (Å²) in [6, 6.07) is 15.2. The Kier molecular flexibility index (Phi) is 2.96. The predicted octanol–water partition coefficient (Wildman–Crippen LogP) is 2.36. The van der Waals surface area contributed by atoms with E-state index < -0.39 is 12.1 Å². The number of rotatable bonds is 1. The van der Waals surface area contributed by atoms with Crippen LogP contribution in [0.2, 0.25) is 0 Å². The highest BCUT2D eigenvalue weighted by molar-refractivity contribution is 6.02. The van der Waals surface area contributed by atoms with E-state index in [0.717, 1.165) is 17.7 Å². The molecule has 0 bridgehead atoms. The number of hydrogen-bond donors (Lipinski definition) is 0. The van der Waals surface area contributed by atoms with Gasteiger partial charge in [-0.25, -0.2) is 4.79 Å². The Morgan fingerprint density at radius 1 is 1.05 bits per heavy atom. The van der Waals surface area contributed by atoms with Gasteiger partial charge in [0.1, 0.15) is 0 Å². The molecule has 0 saturated heterocycles. The average molecular weight is 293 g/mol.